The summed E-state index contributed by atoms with van der Waals surface area (Å²) in [5, 5.41) is 3.08. The van der Waals surface area contributed by atoms with Gasteiger partial charge in [0.2, 0.25) is 5.91 Å². The third-order valence-electron chi connectivity index (χ3n) is 5.05. The fourth-order valence-electron chi connectivity index (χ4n) is 3.56. The highest BCUT2D eigenvalue weighted by molar-refractivity contribution is 5.78. The summed E-state index contributed by atoms with van der Waals surface area (Å²) in [7, 11) is 1.68. The first-order valence-electron chi connectivity index (χ1n) is 9.71. The van der Waals surface area contributed by atoms with Crippen molar-refractivity contribution in [3.05, 3.63) is 59.7 Å². The minimum absolute atomic E-state index is 0.0595. The van der Waals surface area contributed by atoms with Crippen LogP contribution in [-0.2, 0) is 17.8 Å². The molecule has 3 rings (SSSR count). The van der Waals surface area contributed by atoms with E-state index in [-0.39, 0.29) is 24.1 Å². The summed E-state index contributed by atoms with van der Waals surface area (Å²) in [6.45, 7) is -0.207. The minimum Gasteiger partial charge on any atom is -0.496 e. The van der Waals surface area contributed by atoms with E-state index in [1.165, 1.54) is 12.1 Å². The average Bonchev–Trinajstić information content (AvgIpc) is 2.71. The fraction of sp³-hybridized carbons (Fsp3) is 0.409. The molecule has 1 aliphatic heterocycles. The minimum atomic E-state index is -2.85. The van der Waals surface area contributed by atoms with E-state index in [2.05, 4.69) is 21.0 Å². The molecule has 0 aliphatic carbocycles. The van der Waals surface area contributed by atoms with E-state index < -0.39 is 6.61 Å². The number of methoxy groups -OCH3 is 1. The Morgan fingerprint density at radius 2 is 1.83 bits per heavy atom. The van der Waals surface area contributed by atoms with Crippen molar-refractivity contribution in [1.82, 2.24) is 10.2 Å². The van der Waals surface area contributed by atoms with Crippen LogP contribution in [0.5, 0.6) is 11.5 Å². The second-order valence-electron chi connectivity index (χ2n) is 7.13. The maximum Gasteiger partial charge on any atom is 0.387 e. The Kier molecular flexibility index (Phi) is 7.41. The zero-order valence-electron chi connectivity index (χ0n) is 16.4. The molecule has 1 fully saturated rings. The molecule has 7 heteroatoms. The number of carbonyl (C=O) groups is 1. The average molecular weight is 404 g/mol. The van der Waals surface area contributed by atoms with Crippen LogP contribution in [0.1, 0.15) is 24.0 Å². The molecule has 0 bridgehead atoms. The van der Waals surface area contributed by atoms with Gasteiger partial charge in [0.1, 0.15) is 11.5 Å². The number of nitrogens with zero attached hydrogens (tertiary/aromatic N) is 1. The van der Waals surface area contributed by atoms with E-state index in [1.54, 1.807) is 19.2 Å². The number of carbonyl (C=O) groups excluding carboxylic acids is 1. The van der Waals surface area contributed by atoms with Crippen molar-refractivity contribution in [2.45, 2.75) is 38.5 Å². The number of piperidine rings is 1. The fourth-order valence-corrected chi connectivity index (χ4v) is 3.56. The molecular formula is C22H26F2N2O3. The van der Waals surface area contributed by atoms with Crippen LogP contribution in [0.3, 0.4) is 0 Å². The molecule has 0 aromatic heterocycles. The topological polar surface area (TPSA) is 50.8 Å². The smallest absolute Gasteiger partial charge is 0.387 e. The van der Waals surface area contributed by atoms with Gasteiger partial charge in [0.25, 0.3) is 0 Å². The van der Waals surface area contributed by atoms with Crippen molar-refractivity contribution in [3.8, 4) is 11.5 Å². The first-order chi connectivity index (χ1) is 14.0. The third kappa shape index (κ3) is 6.42. The Bertz CT molecular complexity index is 791. The second kappa shape index (κ2) is 10.2. The quantitative estimate of drug-likeness (QED) is 0.730. The molecule has 5 nitrogen and oxygen atoms in total. The maximum atomic E-state index is 12.3. The Labute approximate surface area is 169 Å². The highest BCUT2D eigenvalue weighted by Crippen LogP contribution is 2.21. The molecule has 156 valence electrons. The highest BCUT2D eigenvalue weighted by Gasteiger charge is 2.21. The number of hydrogen-bond donors (Lipinski definition) is 1. The van der Waals surface area contributed by atoms with Crippen LogP contribution in [0, 0.1) is 0 Å². The van der Waals surface area contributed by atoms with E-state index >= 15 is 0 Å². The lowest BCUT2D eigenvalue weighted by atomic mass is 10.0. The number of ether oxygens (including phenoxy) is 2. The number of para-hydroxylation sites is 1. The lowest BCUT2D eigenvalue weighted by Crippen LogP contribution is -2.44. The molecule has 1 heterocycles. The number of hydrogen-bond acceptors (Lipinski definition) is 4. The van der Waals surface area contributed by atoms with Gasteiger partial charge in [-0.25, -0.2) is 0 Å². The van der Waals surface area contributed by atoms with E-state index in [0.29, 0.717) is 0 Å². The molecule has 1 saturated heterocycles. The van der Waals surface area contributed by atoms with Crippen molar-refractivity contribution in [1.29, 1.82) is 0 Å². The summed E-state index contributed by atoms with van der Waals surface area (Å²) in [5.74, 6) is 0.926. The van der Waals surface area contributed by atoms with Gasteiger partial charge >= 0.3 is 6.61 Å². The highest BCUT2D eigenvalue weighted by atomic mass is 19.3. The van der Waals surface area contributed by atoms with Crippen molar-refractivity contribution in [2.75, 3.05) is 20.2 Å². The Hall–Kier alpha value is -2.67. The van der Waals surface area contributed by atoms with Gasteiger partial charge in [-0.3, -0.25) is 9.69 Å². The van der Waals surface area contributed by atoms with E-state index in [0.717, 1.165) is 49.4 Å². The number of benzene rings is 2. The molecule has 29 heavy (non-hydrogen) atoms. The van der Waals surface area contributed by atoms with E-state index in [9.17, 15) is 13.6 Å². The van der Waals surface area contributed by atoms with Crippen LogP contribution >= 0.6 is 0 Å². The van der Waals surface area contributed by atoms with Crippen LogP contribution in [0.2, 0.25) is 0 Å². The molecule has 0 radical (unpaired) electrons. The number of amides is 1. The molecule has 1 amide bonds. The summed E-state index contributed by atoms with van der Waals surface area (Å²) in [4.78, 5) is 14.7. The van der Waals surface area contributed by atoms with Crippen molar-refractivity contribution < 1.29 is 23.0 Å². The maximum absolute atomic E-state index is 12.3. The van der Waals surface area contributed by atoms with E-state index in [1.807, 2.05) is 18.2 Å². The molecule has 0 spiro atoms. The zero-order chi connectivity index (χ0) is 20.6. The molecule has 2 aromatic rings. The Balaban J connectivity index is 1.42. The molecule has 0 atom stereocenters. The summed E-state index contributed by atoms with van der Waals surface area (Å²) >= 11 is 0. The summed E-state index contributed by atoms with van der Waals surface area (Å²) in [6.07, 6.45) is 2.00. The van der Waals surface area contributed by atoms with Gasteiger partial charge in [-0.15, -0.1) is 0 Å². The molecule has 0 unspecified atom stereocenters. The van der Waals surface area contributed by atoms with Crippen LogP contribution in [-0.4, -0.2) is 43.7 Å². The van der Waals surface area contributed by atoms with Gasteiger partial charge in [-0.05, 0) is 36.6 Å². The van der Waals surface area contributed by atoms with Crippen LogP contribution in [0.25, 0.3) is 0 Å². The van der Waals surface area contributed by atoms with Gasteiger partial charge in [0.05, 0.1) is 13.5 Å². The first-order valence-corrected chi connectivity index (χ1v) is 9.71. The van der Waals surface area contributed by atoms with Gasteiger partial charge in [0.15, 0.2) is 0 Å². The van der Waals surface area contributed by atoms with Crippen LogP contribution in [0.15, 0.2) is 48.5 Å². The molecular weight excluding hydrogens is 378 g/mol. The van der Waals surface area contributed by atoms with Crippen molar-refractivity contribution in [2.24, 2.45) is 0 Å². The molecule has 1 N–H and O–H groups in total. The van der Waals surface area contributed by atoms with Crippen LogP contribution < -0.4 is 14.8 Å². The molecule has 0 saturated carbocycles. The Morgan fingerprint density at radius 3 is 2.48 bits per heavy atom. The van der Waals surface area contributed by atoms with Gasteiger partial charge in [-0.2, -0.15) is 8.78 Å². The number of nitrogens with one attached hydrogen (secondary N) is 1. The number of rotatable bonds is 8. The number of alkyl halides is 2. The standard InChI is InChI=1S/C22H26F2N2O3/c1-28-20-5-3-2-4-17(20)15-26-12-10-18(11-13-26)25-21(27)14-16-6-8-19(9-7-16)29-22(23)24/h2-9,18,22H,10-15H2,1H3,(H,25,27). The van der Waals surface area contributed by atoms with Gasteiger partial charge in [-0.1, -0.05) is 30.3 Å². The lowest BCUT2D eigenvalue weighted by molar-refractivity contribution is -0.121. The van der Waals surface area contributed by atoms with Crippen LogP contribution in [0.4, 0.5) is 8.78 Å². The molecule has 1 aliphatic rings. The zero-order valence-corrected chi connectivity index (χ0v) is 16.4. The SMILES string of the molecule is COc1ccccc1CN1CCC(NC(=O)Cc2ccc(OC(F)F)cc2)CC1. The summed E-state index contributed by atoms with van der Waals surface area (Å²) in [5.41, 5.74) is 1.93. The lowest BCUT2D eigenvalue weighted by Gasteiger charge is -2.32. The number of halogens is 2. The normalized spacial score (nSPS) is 15.3. The predicted molar refractivity (Wildman–Crippen MR) is 106 cm³/mol. The van der Waals surface area contributed by atoms with Gasteiger partial charge in [0, 0.05) is 31.2 Å². The third-order valence-corrected chi connectivity index (χ3v) is 5.05. The second-order valence-corrected chi connectivity index (χ2v) is 7.13. The van der Waals surface area contributed by atoms with Crippen molar-refractivity contribution >= 4 is 5.91 Å². The monoisotopic (exact) mass is 404 g/mol. The number of likely N-dealkylation sites (tertiary alicyclic amines) is 1. The largest absolute Gasteiger partial charge is 0.496 e. The first kappa shape index (κ1) is 21.0. The van der Waals surface area contributed by atoms with Gasteiger partial charge < -0.3 is 14.8 Å². The van der Waals surface area contributed by atoms with E-state index in [4.69, 9.17) is 4.74 Å². The predicted octanol–water partition coefficient (Wildman–Crippen LogP) is 3.62. The summed E-state index contributed by atoms with van der Waals surface area (Å²) in [6, 6.07) is 14.3. The summed E-state index contributed by atoms with van der Waals surface area (Å²) < 4.78 is 34.1. The van der Waals surface area contributed by atoms with Crippen molar-refractivity contribution in [3.63, 3.8) is 0 Å². The Morgan fingerprint density at radius 1 is 1.14 bits per heavy atom. The molecule has 2 aromatic carbocycles.